The fourth-order valence-corrected chi connectivity index (χ4v) is 6.09. The summed E-state index contributed by atoms with van der Waals surface area (Å²) in [5, 5.41) is -0.550. The Morgan fingerprint density at radius 3 is 2.21 bits per heavy atom. The van der Waals surface area contributed by atoms with Crippen LogP contribution in [0.15, 0.2) is 65.6 Å². The number of carbonyl (C=O) groups is 1. The predicted molar refractivity (Wildman–Crippen MR) is 107 cm³/mol. The standard InChI is InChI=1S/C22H25NO4S/c24-21(22(12-15-27-16-13-22)18-7-3-1-4-8-18)23-14-11-20(17-23)28(25,26)19-9-5-2-6-10-19/h1-10,20H,11-17H2/t20-/m1/s1. The molecule has 2 fully saturated rings. The van der Waals surface area contributed by atoms with Gasteiger partial charge in [0, 0.05) is 26.3 Å². The molecule has 4 rings (SSSR count). The third kappa shape index (κ3) is 3.35. The molecule has 0 aromatic heterocycles. The highest BCUT2D eigenvalue weighted by atomic mass is 32.2. The second kappa shape index (κ2) is 7.68. The van der Waals surface area contributed by atoms with Crippen molar-refractivity contribution in [1.29, 1.82) is 0 Å². The molecule has 6 heteroatoms. The summed E-state index contributed by atoms with van der Waals surface area (Å²) >= 11 is 0. The van der Waals surface area contributed by atoms with E-state index < -0.39 is 20.5 Å². The minimum atomic E-state index is -3.44. The van der Waals surface area contributed by atoms with Gasteiger partial charge in [-0.25, -0.2) is 8.42 Å². The van der Waals surface area contributed by atoms with Crippen LogP contribution in [0.4, 0.5) is 0 Å². The quantitative estimate of drug-likeness (QED) is 0.793. The van der Waals surface area contributed by atoms with Crippen molar-refractivity contribution < 1.29 is 17.9 Å². The van der Waals surface area contributed by atoms with Gasteiger partial charge in [-0.1, -0.05) is 48.5 Å². The Kier molecular flexibility index (Phi) is 5.25. The number of hydrogen-bond acceptors (Lipinski definition) is 4. The van der Waals surface area contributed by atoms with Crippen LogP contribution in [-0.2, 0) is 24.8 Å². The number of rotatable bonds is 4. The normalized spacial score (nSPS) is 22.1. The van der Waals surface area contributed by atoms with E-state index in [1.165, 1.54) is 0 Å². The van der Waals surface area contributed by atoms with E-state index in [0.29, 0.717) is 43.9 Å². The lowest BCUT2D eigenvalue weighted by atomic mass is 9.73. The maximum Gasteiger partial charge on any atom is 0.233 e. The number of likely N-dealkylation sites (tertiary alicyclic amines) is 1. The van der Waals surface area contributed by atoms with Crippen LogP contribution in [0.1, 0.15) is 24.8 Å². The van der Waals surface area contributed by atoms with E-state index in [0.717, 1.165) is 5.56 Å². The van der Waals surface area contributed by atoms with Crippen molar-refractivity contribution in [3.8, 4) is 0 Å². The molecule has 2 heterocycles. The first-order chi connectivity index (χ1) is 13.5. The van der Waals surface area contributed by atoms with Crippen molar-refractivity contribution in [2.75, 3.05) is 26.3 Å². The first kappa shape index (κ1) is 19.2. The highest BCUT2D eigenvalue weighted by molar-refractivity contribution is 7.92. The molecule has 0 spiro atoms. The summed E-state index contributed by atoms with van der Waals surface area (Å²) in [5.41, 5.74) is 0.378. The van der Waals surface area contributed by atoms with Crippen LogP contribution >= 0.6 is 0 Å². The molecule has 28 heavy (non-hydrogen) atoms. The van der Waals surface area contributed by atoms with Gasteiger partial charge in [0.25, 0.3) is 0 Å². The summed E-state index contributed by atoms with van der Waals surface area (Å²) in [5.74, 6) is 0.0350. The lowest BCUT2D eigenvalue weighted by molar-refractivity contribution is -0.140. The van der Waals surface area contributed by atoms with Crippen molar-refractivity contribution in [3.05, 3.63) is 66.2 Å². The summed E-state index contributed by atoms with van der Waals surface area (Å²) in [7, 11) is -3.44. The fraction of sp³-hybridized carbons (Fsp3) is 0.409. The molecule has 5 nitrogen and oxygen atoms in total. The molecular weight excluding hydrogens is 374 g/mol. The van der Waals surface area contributed by atoms with Gasteiger partial charge in [0.1, 0.15) is 0 Å². The molecule has 2 aromatic carbocycles. The molecule has 0 bridgehead atoms. The maximum absolute atomic E-state index is 13.6. The minimum Gasteiger partial charge on any atom is -0.381 e. The minimum absolute atomic E-state index is 0.0350. The van der Waals surface area contributed by atoms with Crippen molar-refractivity contribution in [1.82, 2.24) is 4.90 Å². The van der Waals surface area contributed by atoms with Gasteiger partial charge in [-0.15, -0.1) is 0 Å². The molecule has 2 saturated heterocycles. The average molecular weight is 400 g/mol. The summed E-state index contributed by atoms with van der Waals surface area (Å²) in [4.78, 5) is 15.7. The van der Waals surface area contributed by atoms with Gasteiger partial charge >= 0.3 is 0 Å². The second-order valence-electron chi connectivity index (χ2n) is 7.58. The van der Waals surface area contributed by atoms with Crippen LogP contribution < -0.4 is 0 Å². The fourth-order valence-electron chi connectivity index (χ4n) is 4.37. The zero-order valence-corrected chi connectivity index (χ0v) is 16.6. The number of nitrogens with zero attached hydrogens (tertiary/aromatic N) is 1. The van der Waals surface area contributed by atoms with Crippen LogP contribution in [0.25, 0.3) is 0 Å². The van der Waals surface area contributed by atoms with E-state index in [4.69, 9.17) is 4.74 Å². The Labute approximate surface area is 166 Å². The first-order valence-corrected chi connectivity index (χ1v) is 11.3. The lowest BCUT2D eigenvalue weighted by Crippen LogP contribution is -2.49. The molecule has 0 aliphatic carbocycles. The molecule has 2 aliphatic heterocycles. The largest absolute Gasteiger partial charge is 0.381 e. The summed E-state index contributed by atoms with van der Waals surface area (Å²) in [6.07, 6.45) is 1.73. The number of hydrogen-bond donors (Lipinski definition) is 0. The highest BCUT2D eigenvalue weighted by Crippen LogP contribution is 2.38. The Morgan fingerprint density at radius 2 is 1.57 bits per heavy atom. The second-order valence-corrected chi connectivity index (χ2v) is 9.81. The molecule has 148 valence electrons. The van der Waals surface area contributed by atoms with Crippen molar-refractivity contribution in [2.45, 2.75) is 34.8 Å². The van der Waals surface area contributed by atoms with Gasteiger partial charge in [-0.2, -0.15) is 0 Å². The first-order valence-electron chi connectivity index (χ1n) is 9.76. The van der Waals surface area contributed by atoms with Gasteiger partial charge < -0.3 is 9.64 Å². The zero-order valence-electron chi connectivity index (χ0n) is 15.8. The van der Waals surface area contributed by atoms with E-state index in [1.807, 2.05) is 30.3 Å². The van der Waals surface area contributed by atoms with E-state index in [1.54, 1.807) is 35.2 Å². The Hall–Kier alpha value is -2.18. The lowest BCUT2D eigenvalue weighted by Gasteiger charge is -2.39. The van der Waals surface area contributed by atoms with Crippen LogP contribution in [0.5, 0.6) is 0 Å². The molecular formula is C22H25NO4S. The topological polar surface area (TPSA) is 63.7 Å². The molecule has 0 N–H and O–H groups in total. The van der Waals surface area contributed by atoms with Crippen molar-refractivity contribution >= 4 is 15.7 Å². The monoisotopic (exact) mass is 399 g/mol. The Balaban J connectivity index is 1.58. The Bertz CT molecular complexity index is 922. The molecule has 2 aliphatic rings. The van der Waals surface area contributed by atoms with Crippen LogP contribution in [-0.4, -0.2) is 50.8 Å². The molecule has 1 amide bonds. The van der Waals surface area contributed by atoms with Gasteiger partial charge in [0.2, 0.25) is 5.91 Å². The van der Waals surface area contributed by atoms with Gasteiger partial charge in [-0.3, -0.25) is 4.79 Å². The highest BCUT2D eigenvalue weighted by Gasteiger charge is 2.47. The summed E-state index contributed by atoms with van der Waals surface area (Å²) < 4.78 is 31.5. The van der Waals surface area contributed by atoms with Gasteiger partial charge in [-0.05, 0) is 37.0 Å². The van der Waals surface area contributed by atoms with Crippen LogP contribution in [0, 0.1) is 0 Å². The van der Waals surface area contributed by atoms with Crippen molar-refractivity contribution in [3.63, 3.8) is 0 Å². The number of benzene rings is 2. The molecule has 0 radical (unpaired) electrons. The molecule has 0 saturated carbocycles. The zero-order chi connectivity index (χ0) is 19.6. The van der Waals surface area contributed by atoms with E-state index >= 15 is 0 Å². The summed E-state index contributed by atoms with van der Waals surface area (Å²) in [6.45, 7) is 1.82. The molecule has 1 atom stereocenters. The number of amides is 1. The van der Waals surface area contributed by atoms with Gasteiger partial charge in [0.15, 0.2) is 9.84 Å². The maximum atomic E-state index is 13.6. The van der Waals surface area contributed by atoms with E-state index in [2.05, 4.69) is 0 Å². The predicted octanol–water partition coefficient (Wildman–Crippen LogP) is 2.81. The Morgan fingerprint density at radius 1 is 0.964 bits per heavy atom. The third-order valence-electron chi connectivity index (χ3n) is 6.02. The SMILES string of the molecule is O=C(N1CC[C@@H](S(=O)(=O)c2ccccc2)C1)C1(c2ccccc2)CCOCC1. The number of sulfone groups is 1. The molecule has 0 unspecified atom stereocenters. The number of carbonyl (C=O) groups excluding carboxylic acids is 1. The average Bonchev–Trinajstić information content (AvgIpc) is 3.26. The van der Waals surface area contributed by atoms with Crippen LogP contribution in [0.3, 0.4) is 0 Å². The van der Waals surface area contributed by atoms with Crippen molar-refractivity contribution in [2.24, 2.45) is 0 Å². The van der Waals surface area contributed by atoms with Gasteiger partial charge in [0.05, 0.1) is 15.6 Å². The van der Waals surface area contributed by atoms with Crippen LogP contribution in [0.2, 0.25) is 0 Å². The smallest absolute Gasteiger partial charge is 0.233 e. The van der Waals surface area contributed by atoms with E-state index in [-0.39, 0.29) is 12.5 Å². The molecule has 2 aromatic rings. The third-order valence-corrected chi connectivity index (χ3v) is 8.22. The summed E-state index contributed by atoms with van der Waals surface area (Å²) in [6, 6.07) is 18.4. The number of ether oxygens (including phenoxy) is 1. The van der Waals surface area contributed by atoms with E-state index in [9.17, 15) is 13.2 Å².